The van der Waals surface area contributed by atoms with Crippen LogP contribution in [0, 0.1) is 0 Å². The lowest BCUT2D eigenvalue weighted by Crippen LogP contribution is -2.13. The van der Waals surface area contributed by atoms with Gasteiger partial charge in [0, 0.05) is 0 Å². The Bertz CT molecular complexity index is 555. The van der Waals surface area contributed by atoms with Gasteiger partial charge in [-0.15, -0.1) is 0 Å². The molecule has 10 heteroatoms. The van der Waals surface area contributed by atoms with Crippen molar-refractivity contribution in [2.45, 2.75) is 6.18 Å². The van der Waals surface area contributed by atoms with Crippen LogP contribution in [0.1, 0.15) is 15.6 Å². The van der Waals surface area contributed by atoms with E-state index < -0.39 is 17.9 Å². The summed E-state index contributed by atoms with van der Waals surface area (Å²) < 4.78 is 39.7. The van der Waals surface area contributed by atoms with Crippen molar-refractivity contribution in [2.24, 2.45) is 0 Å². The molecule has 2 aromatic rings. The first-order chi connectivity index (χ1) is 8.47. The first-order valence-corrected chi connectivity index (χ1v) is 5.23. The van der Waals surface area contributed by atoms with Crippen LogP contribution in [-0.2, 0) is 6.18 Å². The largest absolute Gasteiger partial charge is 0.452 e. The van der Waals surface area contributed by atoms with Gasteiger partial charge in [-0.25, -0.2) is 4.98 Å². The molecular formula is C8H4F3N5OS. The van der Waals surface area contributed by atoms with Crippen molar-refractivity contribution in [1.29, 1.82) is 0 Å². The summed E-state index contributed by atoms with van der Waals surface area (Å²) in [6, 6.07) is 1.44. The van der Waals surface area contributed by atoms with E-state index in [1.807, 2.05) is 0 Å². The minimum atomic E-state index is -4.66. The standard InChI is InChI=1S/C8H4F3N5OS/c9-8(10,11)7-15-6(18-16-7)5(17)14-4-1-2-12-13-3-4/h1-3H,(H,12,14,17). The number of anilines is 1. The molecule has 0 aliphatic carbocycles. The fourth-order valence-corrected chi connectivity index (χ4v) is 1.56. The van der Waals surface area contributed by atoms with E-state index in [-0.39, 0.29) is 5.01 Å². The average Bonchev–Trinajstić information content (AvgIpc) is 2.79. The van der Waals surface area contributed by atoms with Crippen molar-refractivity contribution in [3.63, 3.8) is 0 Å². The molecule has 94 valence electrons. The molecule has 0 aromatic carbocycles. The van der Waals surface area contributed by atoms with Crippen molar-refractivity contribution < 1.29 is 18.0 Å². The van der Waals surface area contributed by atoms with Crippen LogP contribution in [0.15, 0.2) is 18.5 Å². The number of amides is 1. The normalized spacial score (nSPS) is 11.3. The van der Waals surface area contributed by atoms with E-state index in [0.29, 0.717) is 17.2 Å². The van der Waals surface area contributed by atoms with Gasteiger partial charge >= 0.3 is 6.18 Å². The van der Waals surface area contributed by atoms with Gasteiger partial charge in [-0.05, 0) is 17.6 Å². The maximum Gasteiger partial charge on any atom is 0.452 e. The van der Waals surface area contributed by atoms with Crippen LogP contribution in [0.3, 0.4) is 0 Å². The smallest absolute Gasteiger partial charge is 0.318 e. The SMILES string of the molecule is O=C(Nc1ccnnc1)c1nc(C(F)(F)F)ns1. The maximum atomic E-state index is 12.2. The molecule has 0 bridgehead atoms. The molecular weight excluding hydrogens is 271 g/mol. The second-order valence-corrected chi connectivity index (χ2v) is 3.76. The van der Waals surface area contributed by atoms with Crippen molar-refractivity contribution >= 4 is 23.1 Å². The summed E-state index contributed by atoms with van der Waals surface area (Å²) in [7, 11) is 0. The fourth-order valence-electron chi connectivity index (χ4n) is 0.980. The third-order valence-corrected chi connectivity index (χ3v) is 2.43. The summed E-state index contributed by atoms with van der Waals surface area (Å²) in [4.78, 5) is 14.6. The molecule has 0 unspecified atom stereocenters. The molecule has 2 heterocycles. The molecule has 0 atom stereocenters. The number of halogens is 3. The molecule has 2 aromatic heterocycles. The third kappa shape index (κ3) is 2.77. The van der Waals surface area contributed by atoms with Gasteiger partial charge in [0.15, 0.2) is 0 Å². The van der Waals surface area contributed by atoms with Gasteiger partial charge in [0.05, 0.1) is 18.1 Å². The second-order valence-electron chi connectivity index (χ2n) is 3.01. The van der Waals surface area contributed by atoms with Crippen LogP contribution in [0.2, 0.25) is 0 Å². The van der Waals surface area contributed by atoms with Crippen molar-refractivity contribution in [3.8, 4) is 0 Å². The Morgan fingerprint density at radius 3 is 2.67 bits per heavy atom. The zero-order chi connectivity index (χ0) is 13.2. The molecule has 0 saturated carbocycles. The number of nitrogens with one attached hydrogen (secondary N) is 1. The Morgan fingerprint density at radius 1 is 1.33 bits per heavy atom. The van der Waals surface area contributed by atoms with Gasteiger partial charge in [-0.1, -0.05) is 0 Å². The zero-order valence-electron chi connectivity index (χ0n) is 8.47. The number of hydrogen-bond acceptors (Lipinski definition) is 6. The number of rotatable bonds is 2. The highest BCUT2D eigenvalue weighted by atomic mass is 32.1. The molecule has 2 rings (SSSR count). The average molecular weight is 275 g/mol. The Hall–Kier alpha value is -2.10. The summed E-state index contributed by atoms with van der Waals surface area (Å²) in [6.45, 7) is 0. The fraction of sp³-hybridized carbons (Fsp3) is 0.125. The van der Waals surface area contributed by atoms with E-state index in [4.69, 9.17) is 0 Å². The van der Waals surface area contributed by atoms with E-state index in [9.17, 15) is 18.0 Å². The molecule has 0 fully saturated rings. The van der Waals surface area contributed by atoms with Gasteiger partial charge in [0.1, 0.15) is 0 Å². The minimum Gasteiger partial charge on any atom is -0.318 e. The molecule has 6 nitrogen and oxygen atoms in total. The van der Waals surface area contributed by atoms with Crippen molar-refractivity contribution in [1.82, 2.24) is 19.6 Å². The predicted molar refractivity (Wildman–Crippen MR) is 54.9 cm³/mol. The van der Waals surface area contributed by atoms with Crippen LogP contribution >= 0.6 is 11.5 Å². The molecule has 1 N–H and O–H groups in total. The number of hydrogen-bond donors (Lipinski definition) is 1. The van der Waals surface area contributed by atoms with Crippen LogP contribution in [0.25, 0.3) is 0 Å². The Labute approximate surface area is 102 Å². The number of carbonyl (C=O) groups is 1. The van der Waals surface area contributed by atoms with E-state index in [1.165, 1.54) is 18.5 Å². The quantitative estimate of drug-likeness (QED) is 0.900. The molecule has 0 aliphatic heterocycles. The first kappa shape index (κ1) is 12.4. The lowest BCUT2D eigenvalue weighted by atomic mass is 10.4. The third-order valence-electron chi connectivity index (χ3n) is 1.72. The predicted octanol–water partition coefficient (Wildman–Crippen LogP) is 1.60. The van der Waals surface area contributed by atoms with Crippen LogP contribution in [-0.4, -0.2) is 25.5 Å². The lowest BCUT2D eigenvalue weighted by Gasteiger charge is -2.00. The summed E-state index contributed by atoms with van der Waals surface area (Å²) in [6.07, 6.45) is -2.08. The van der Waals surface area contributed by atoms with Gasteiger partial charge < -0.3 is 5.32 Å². The number of alkyl halides is 3. The summed E-state index contributed by atoms with van der Waals surface area (Å²) in [5, 5.41) is 8.93. The molecule has 18 heavy (non-hydrogen) atoms. The number of aromatic nitrogens is 4. The monoisotopic (exact) mass is 275 g/mol. The molecule has 0 saturated heterocycles. The maximum absolute atomic E-state index is 12.2. The van der Waals surface area contributed by atoms with Crippen molar-refractivity contribution in [2.75, 3.05) is 5.32 Å². The second kappa shape index (κ2) is 4.64. The Kier molecular flexibility index (Phi) is 3.19. The Morgan fingerprint density at radius 2 is 2.11 bits per heavy atom. The highest BCUT2D eigenvalue weighted by Crippen LogP contribution is 2.27. The minimum absolute atomic E-state index is 0.304. The summed E-state index contributed by atoms with van der Waals surface area (Å²) in [5.41, 5.74) is 0.304. The van der Waals surface area contributed by atoms with Crippen LogP contribution in [0.5, 0.6) is 0 Å². The Balaban J connectivity index is 2.13. The lowest BCUT2D eigenvalue weighted by molar-refractivity contribution is -0.144. The highest BCUT2D eigenvalue weighted by molar-refractivity contribution is 7.07. The van der Waals surface area contributed by atoms with Gasteiger partial charge in [-0.2, -0.15) is 27.7 Å². The summed E-state index contributed by atoms with van der Waals surface area (Å²) >= 11 is 0.375. The van der Waals surface area contributed by atoms with Gasteiger partial charge in [0.25, 0.3) is 5.91 Å². The topological polar surface area (TPSA) is 80.7 Å². The van der Waals surface area contributed by atoms with E-state index in [2.05, 4.69) is 24.9 Å². The summed E-state index contributed by atoms with van der Waals surface area (Å²) in [5.74, 6) is -2.11. The van der Waals surface area contributed by atoms with Gasteiger partial charge in [-0.3, -0.25) is 4.79 Å². The van der Waals surface area contributed by atoms with E-state index in [1.54, 1.807) is 0 Å². The van der Waals surface area contributed by atoms with Crippen molar-refractivity contribution in [3.05, 3.63) is 29.3 Å². The molecule has 1 amide bonds. The molecule has 0 radical (unpaired) electrons. The van der Waals surface area contributed by atoms with Gasteiger partial charge in [0.2, 0.25) is 10.8 Å². The highest BCUT2D eigenvalue weighted by Gasteiger charge is 2.36. The van der Waals surface area contributed by atoms with Crippen LogP contribution in [0.4, 0.5) is 18.9 Å². The van der Waals surface area contributed by atoms with Crippen LogP contribution < -0.4 is 5.32 Å². The first-order valence-electron chi connectivity index (χ1n) is 4.46. The molecule has 0 aliphatic rings. The number of carbonyl (C=O) groups excluding carboxylic acids is 1. The number of nitrogens with zero attached hydrogens (tertiary/aromatic N) is 4. The molecule has 0 spiro atoms. The van der Waals surface area contributed by atoms with E-state index in [0.717, 1.165) is 0 Å². The van der Waals surface area contributed by atoms with E-state index >= 15 is 0 Å². The zero-order valence-corrected chi connectivity index (χ0v) is 9.29.